The van der Waals surface area contributed by atoms with Crippen LogP contribution in [0.1, 0.15) is 43.2 Å². The third-order valence-corrected chi connectivity index (χ3v) is 3.00. The van der Waals surface area contributed by atoms with E-state index in [9.17, 15) is 9.90 Å². The summed E-state index contributed by atoms with van der Waals surface area (Å²) < 4.78 is 1.60. The molecule has 5 heteroatoms. The summed E-state index contributed by atoms with van der Waals surface area (Å²) in [6, 6.07) is 0.253. The molecule has 1 atom stereocenters. The first kappa shape index (κ1) is 13.5. The van der Waals surface area contributed by atoms with Crippen LogP contribution in [-0.2, 0) is 7.05 Å². The van der Waals surface area contributed by atoms with Gasteiger partial charge in [-0.1, -0.05) is 20.8 Å². The van der Waals surface area contributed by atoms with E-state index < -0.39 is 5.97 Å². The second kappa shape index (κ2) is 5.21. The lowest BCUT2D eigenvalue weighted by Gasteiger charge is -2.22. The Morgan fingerprint density at radius 1 is 1.53 bits per heavy atom. The Bertz CT molecular complexity index is 410. The minimum Gasteiger partial charge on any atom is -0.477 e. The van der Waals surface area contributed by atoms with E-state index in [-0.39, 0.29) is 11.6 Å². The van der Waals surface area contributed by atoms with E-state index in [0.717, 1.165) is 6.42 Å². The number of carbonyl (C=O) groups is 1. The zero-order chi connectivity index (χ0) is 13.2. The number of anilines is 1. The van der Waals surface area contributed by atoms with Gasteiger partial charge in [0.25, 0.3) is 0 Å². The Labute approximate surface area is 102 Å². The zero-order valence-electron chi connectivity index (χ0n) is 11.1. The molecule has 0 bridgehead atoms. The molecule has 2 N–H and O–H groups in total. The molecule has 0 aromatic carbocycles. The van der Waals surface area contributed by atoms with Crippen molar-refractivity contribution in [3.63, 3.8) is 0 Å². The van der Waals surface area contributed by atoms with Gasteiger partial charge in [-0.15, -0.1) is 0 Å². The second-order valence-electron chi connectivity index (χ2n) is 4.64. The van der Waals surface area contributed by atoms with Crippen LogP contribution in [0.5, 0.6) is 0 Å². The van der Waals surface area contributed by atoms with Gasteiger partial charge in [0.1, 0.15) is 11.4 Å². The molecule has 1 unspecified atom stereocenters. The molecule has 0 amide bonds. The van der Waals surface area contributed by atoms with E-state index in [1.807, 2.05) is 0 Å². The molecule has 0 aliphatic rings. The van der Waals surface area contributed by atoms with Gasteiger partial charge in [-0.05, 0) is 19.3 Å². The SMILES string of the molecule is CCC(Nc1c(C(=O)O)c(C)nn1C)C(C)C. The summed E-state index contributed by atoms with van der Waals surface area (Å²) in [7, 11) is 1.76. The molecule has 0 radical (unpaired) electrons. The van der Waals surface area contributed by atoms with E-state index in [1.54, 1.807) is 18.7 Å². The number of hydrogen-bond donors (Lipinski definition) is 2. The van der Waals surface area contributed by atoms with E-state index in [0.29, 0.717) is 17.4 Å². The highest BCUT2D eigenvalue weighted by Gasteiger charge is 2.22. The minimum atomic E-state index is -0.934. The average Bonchev–Trinajstić information content (AvgIpc) is 2.49. The first-order valence-electron chi connectivity index (χ1n) is 5.91. The van der Waals surface area contributed by atoms with Crippen molar-refractivity contribution in [2.24, 2.45) is 13.0 Å². The van der Waals surface area contributed by atoms with E-state index in [4.69, 9.17) is 0 Å². The summed E-state index contributed by atoms with van der Waals surface area (Å²) in [5.74, 6) is 0.101. The number of aryl methyl sites for hydroxylation is 2. The number of aromatic carboxylic acids is 1. The molecule has 0 aliphatic heterocycles. The molecule has 1 heterocycles. The summed E-state index contributed by atoms with van der Waals surface area (Å²) in [5, 5.41) is 16.6. The van der Waals surface area contributed by atoms with Crippen molar-refractivity contribution in [3.8, 4) is 0 Å². The Morgan fingerprint density at radius 3 is 2.53 bits per heavy atom. The predicted octanol–water partition coefficient (Wildman–Crippen LogP) is 2.27. The van der Waals surface area contributed by atoms with Gasteiger partial charge in [0.2, 0.25) is 0 Å². The summed E-state index contributed by atoms with van der Waals surface area (Å²) in [6.45, 7) is 8.03. The number of carboxylic acid groups (broad SMARTS) is 1. The fourth-order valence-electron chi connectivity index (χ4n) is 2.00. The maximum Gasteiger partial charge on any atom is 0.341 e. The summed E-state index contributed by atoms with van der Waals surface area (Å²) in [4.78, 5) is 11.2. The fraction of sp³-hybridized carbons (Fsp3) is 0.667. The van der Waals surface area contributed by atoms with Crippen molar-refractivity contribution in [1.29, 1.82) is 0 Å². The quantitative estimate of drug-likeness (QED) is 0.827. The van der Waals surface area contributed by atoms with Gasteiger partial charge in [-0.3, -0.25) is 4.68 Å². The van der Waals surface area contributed by atoms with E-state index >= 15 is 0 Å². The van der Waals surface area contributed by atoms with Crippen molar-refractivity contribution >= 4 is 11.8 Å². The highest BCUT2D eigenvalue weighted by molar-refractivity contribution is 5.94. The summed E-state index contributed by atoms with van der Waals surface area (Å²) >= 11 is 0. The predicted molar refractivity (Wildman–Crippen MR) is 67.4 cm³/mol. The number of carboxylic acids is 1. The van der Waals surface area contributed by atoms with Crippen LogP contribution in [0.2, 0.25) is 0 Å². The van der Waals surface area contributed by atoms with Crippen molar-refractivity contribution in [3.05, 3.63) is 11.3 Å². The Kier molecular flexibility index (Phi) is 4.15. The molecule has 96 valence electrons. The first-order chi connectivity index (χ1) is 7.88. The van der Waals surface area contributed by atoms with Crippen molar-refractivity contribution in [2.45, 2.75) is 40.2 Å². The molecular formula is C12H21N3O2. The number of nitrogens with one attached hydrogen (secondary N) is 1. The van der Waals surface area contributed by atoms with Crippen LogP contribution in [-0.4, -0.2) is 26.9 Å². The topological polar surface area (TPSA) is 67.2 Å². The van der Waals surface area contributed by atoms with Crippen LogP contribution < -0.4 is 5.32 Å². The van der Waals surface area contributed by atoms with Gasteiger partial charge >= 0.3 is 5.97 Å². The third kappa shape index (κ3) is 2.78. The van der Waals surface area contributed by atoms with Gasteiger partial charge in [0.05, 0.1) is 5.69 Å². The molecule has 0 saturated heterocycles. The minimum absolute atomic E-state index is 0.253. The van der Waals surface area contributed by atoms with Gasteiger partial charge in [0, 0.05) is 13.1 Å². The fourth-order valence-corrected chi connectivity index (χ4v) is 2.00. The zero-order valence-corrected chi connectivity index (χ0v) is 11.1. The lowest BCUT2D eigenvalue weighted by Crippen LogP contribution is -2.26. The van der Waals surface area contributed by atoms with E-state index in [1.165, 1.54) is 0 Å². The van der Waals surface area contributed by atoms with Crippen LogP contribution in [0.25, 0.3) is 0 Å². The largest absolute Gasteiger partial charge is 0.477 e. The second-order valence-corrected chi connectivity index (χ2v) is 4.64. The van der Waals surface area contributed by atoms with Gasteiger partial charge < -0.3 is 10.4 Å². The summed E-state index contributed by atoms with van der Waals surface area (Å²) in [6.07, 6.45) is 0.945. The standard InChI is InChI=1S/C12H21N3O2/c1-6-9(7(2)3)13-11-10(12(16)17)8(4)14-15(11)5/h7,9,13H,6H2,1-5H3,(H,16,17). The lowest BCUT2D eigenvalue weighted by molar-refractivity contribution is 0.0697. The number of aromatic nitrogens is 2. The monoisotopic (exact) mass is 239 g/mol. The molecule has 0 aliphatic carbocycles. The van der Waals surface area contributed by atoms with Crippen LogP contribution >= 0.6 is 0 Å². The summed E-state index contributed by atoms with van der Waals surface area (Å²) in [5.41, 5.74) is 0.813. The number of rotatable bonds is 5. The van der Waals surface area contributed by atoms with Gasteiger partial charge in [-0.2, -0.15) is 5.10 Å². The average molecular weight is 239 g/mol. The van der Waals surface area contributed by atoms with Gasteiger partial charge in [-0.25, -0.2) is 4.79 Å². The molecule has 1 aromatic heterocycles. The molecule has 1 aromatic rings. The molecule has 0 fully saturated rings. The normalized spacial score (nSPS) is 12.8. The number of nitrogens with zero attached hydrogens (tertiary/aromatic N) is 2. The first-order valence-corrected chi connectivity index (χ1v) is 5.91. The van der Waals surface area contributed by atoms with E-state index in [2.05, 4.69) is 31.2 Å². The Morgan fingerprint density at radius 2 is 2.12 bits per heavy atom. The molecule has 5 nitrogen and oxygen atoms in total. The molecule has 0 saturated carbocycles. The molecule has 0 spiro atoms. The smallest absolute Gasteiger partial charge is 0.341 e. The Balaban J connectivity index is 3.09. The molecular weight excluding hydrogens is 218 g/mol. The lowest BCUT2D eigenvalue weighted by atomic mass is 10.0. The molecule has 17 heavy (non-hydrogen) atoms. The maximum absolute atomic E-state index is 11.2. The van der Waals surface area contributed by atoms with Crippen molar-refractivity contribution < 1.29 is 9.90 Å². The van der Waals surface area contributed by atoms with Crippen LogP contribution in [0.15, 0.2) is 0 Å². The maximum atomic E-state index is 11.2. The van der Waals surface area contributed by atoms with Crippen molar-refractivity contribution in [1.82, 2.24) is 9.78 Å². The van der Waals surface area contributed by atoms with Crippen LogP contribution in [0.3, 0.4) is 0 Å². The molecule has 1 rings (SSSR count). The highest BCUT2D eigenvalue weighted by atomic mass is 16.4. The van der Waals surface area contributed by atoms with Crippen LogP contribution in [0, 0.1) is 12.8 Å². The van der Waals surface area contributed by atoms with Gasteiger partial charge in [0.15, 0.2) is 0 Å². The third-order valence-electron chi connectivity index (χ3n) is 3.00. The Hall–Kier alpha value is -1.52. The van der Waals surface area contributed by atoms with Crippen LogP contribution in [0.4, 0.5) is 5.82 Å². The van der Waals surface area contributed by atoms with Crippen molar-refractivity contribution in [2.75, 3.05) is 5.32 Å². The highest BCUT2D eigenvalue weighted by Crippen LogP contribution is 2.22. The number of hydrogen-bond acceptors (Lipinski definition) is 3.